The fourth-order valence-corrected chi connectivity index (χ4v) is 13.6. The van der Waals surface area contributed by atoms with E-state index in [1.807, 2.05) is 0 Å². The molecule has 3 heteroatoms. The van der Waals surface area contributed by atoms with Crippen LogP contribution in [0.4, 0.5) is 0 Å². The lowest BCUT2D eigenvalue weighted by Crippen LogP contribution is -2.08. The second-order valence-electron chi connectivity index (χ2n) is 10.6. The van der Waals surface area contributed by atoms with E-state index in [4.69, 9.17) is 4.74 Å². The lowest BCUT2D eigenvalue weighted by molar-refractivity contribution is 0.474. The van der Waals surface area contributed by atoms with Crippen LogP contribution < -0.4 is 15.3 Å². The van der Waals surface area contributed by atoms with E-state index in [2.05, 4.69) is 170 Å². The number of benzene rings is 6. The highest BCUT2D eigenvalue weighted by Gasteiger charge is 2.44. The molecule has 0 spiro atoms. The van der Waals surface area contributed by atoms with Gasteiger partial charge in [0.05, 0.1) is 0 Å². The average molecular weight is 587 g/mol. The summed E-state index contributed by atoms with van der Waals surface area (Å²) in [5.74, 6) is 1.84. The lowest BCUT2D eigenvalue weighted by atomic mass is 9.95. The van der Waals surface area contributed by atoms with Gasteiger partial charge in [0.1, 0.15) is 11.5 Å². The molecule has 43 heavy (non-hydrogen) atoms. The van der Waals surface area contributed by atoms with Crippen molar-refractivity contribution in [1.82, 2.24) is 0 Å². The number of ether oxygens (including phenoxy) is 1. The molecule has 2 aliphatic rings. The molecule has 0 saturated carbocycles. The van der Waals surface area contributed by atoms with Gasteiger partial charge in [0.2, 0.25) is 0 Å². The van der Waals surface area contributed by atoms with E-state index in [0.717, 1.165) is 11.5 Å². The first-order valence-electron chi connectivity index (χ1n) is 14.5. The molecule has 0 saturated heterocycles. The van der Waals surface area contributed by atoms with Gasteiger partial charge in [0.15, 0.2) is 0 Å². The molecule has 2 atom stereocenters. The van der Waals surface area contributed by atoms with Crippen molar-refractivity contribution in [1.29, 1.82) is 0 Å². The Morgan fingerprint density at radius 1 is 0.349 bits per heavy atom. The third kappa shape index (κ3) is 4.58. The van der Waals surface area contributed by atoms with Gasteiger partial charge in [-0.2, -0.15) is 0 Å². The van der Waals surface area contributed by atoms with E-state index in [1.54, 1.807) is 0 Å². The standard InChI is InChI=1S/C40H28OP2/c1-5-17-29(18-6-1)38-39(30-19-7-2-8-20-30)43(32-23-11-4-12-24-32)40(42(38)31-21-9-3-10-22-31)37-33-25-13-15-27-35(33)41-36-28-16-14-26-34(36)37/h1-28H. The van der Waals surface area contributed by atoms with Crippen LogP contribution in [0.1, 0.15) is 22.3 Å². The van der Waals surface area contributed by atoms with Gasteiger partial charge in [0, 0.05) is 32.4 Å². The summed E-state index contributed by atoms with van der Waals surface area (Å²) in [6.45, 7) is 0. The van der Waals surface area contributed by atoms with Gasteiger partial charge in [-0.1, -0.05) is 158 Å². The molecule has 0 radical (unpaired) electrons. The van der Waals surface area contributed by atoms with Crippen molar-refractivity contribution in [3.63, 3.8) is 0 Å². The Balaban J connectivity index is 1.57. The van der Waals surface area contributed by atoms with Crippen molar-refractivity contribution in [3.05, 3.63) is 197 Å². The van der Waals surface area contributed by atoms with E-state index < -0.39 is 15.8 Å². The maximum atomic E-state index is 6.54. The van der Waals surface area contributed by atoms with Gasteiger partial charge in [-0.05, 0) is 49.7 Å². The summed E-state index contributed by atoms with van der Waals surface area (Å²) >= 11 is 0. The Labute approximate surface area is 255 Å². The van der Waals surface area contributed by atoms with Crippen LogP contribution in [0.25, 0.3) is 16.2 Å². The van der Waals surface area contributed by atoms with Crippen LogP contribution in [0, 0.1) is 0 Å². The summed E-state index contributed by atoms with van der Waals surface area (Å²) in [4.78, 5) is 0. The van der Waals surface area contributed by atoms with Crippen LogP contribution in [0.2, 0.25) is 0 Å². The molecule has 0 bridgehead atoms. The molecule has 0 N–H and O–H groups in total. The number of hydrogen-bond acceptors (Lipinski definition) is 1. The quantitative estimate of drug-likeness (QED) is 0.187. The van der Waals surface area contributed by atoms with Crippen LogP contribution in [0.3, 0.4) is 0 Å². The highest BCUT2D eigenvalue weighted by Crippen LogP contribution is 2.83. The molecule has 0 aromatic heterocycles. The zero-order valence-electron chi connectivity index (χ0n) is 23.5. The van der Waals surface area contributed by atoms with Gasteiger partial charge in [-0.3, -0.25) is 0 Å². The normalized spacial score (nSPS) is 17.3. The van der Waals surface area contributed by atoms with E-state index in [0.29, 0.717) is 0 Å². The van der Waals surface area contributed by atoms with Gasteiger partial charge in [-0.25, -0.2) is 0 Å². The van der Waals surface area contributed by atoms with Crippen molar-refractivity contribution >= 4 is 42.7 Å². The first-order chi connectivity index (χ1) is 21.4. The highest BCUT2D eigenvalue weighted by molar-refractivity contribution is 8.02. The minimum absolute atomic E-state index is 0.908. The number of rotatable bonds is 4. The predicted molar refractivity (Wildman–Crippen MR) is 185 cm³/mol. The second kappa shape index (κ2) is 11.3. The molecule has 2 heterocycles. The second-order valence-corrected chi connectivity index (χ2v) is 15.1. The molecule has 6 aromatic carbocycles. The number of hydrogen-bond donors (Lipinski definition) is 0. The van der Waals surface area contributed by atoms with Gasteiger partial charge in [0.25, 0.3) is 0 Å². The van der Waals surface area contributed by atoms with Crippen LogP contribution in [-0.4, -0.2) is 0 Å². The first-order valence-corrected chi connectivity index (χ1v) is 17.2. The summed E-state index contributed by atoms with van der Waals surface area (Å²) < 4.78 is 6.54. The smallest absolute Gasteiger partial charge is 0.135 e. The van der Waals surface area contributed by atoms with Crippen molar-refractivity contribution < 1.29 is 4.74 Å². The maximum absolute atomic E-state index is 6.54. The molecule has 204 valence electrons. The minimum Gasteiger partial charge on any atom is -0.456 e. The fraction of sp³-hybridized carbons (Fsp3) is 0. The third-order valence-electron chi connectivity index (χ3n) is 7.97. The summed E-state index contributed by atoms with van der Waals surface area (Å²) in [5.41, 5.74) is 6.25. The van der Waals surface area contributed by atoms with E-state index >= 15 is 0 Å². The summed E-state index contributed by atoms with van der Waals surface area (Å²) in [6.07, 6.45) is 0. The fourth-order valence-electron chi connectivity index (χ4n) is 6.16. The van der Waals surface area contributed by atoms with Crippen molar-refractivity contribution in [2.45, 2.75) is 0 Å². The average Bonchev–Trinajstić information content (AvgIpc) is 3.44. The van der Waals surface area contributed by atoms with Gasteiger partial charge in [-0.15, -0.1) is 0 Å². The largest absolute Gasteiger partial charge is 0.456 e. The van der Waals surface area contributed by atoms with E-state index in [-0.39, 0.29) is 0 Å². The third-order valence-corrected chi connectivity index (χ3v) is 14.1. The Morgan fingerprint density at radius 3 is 1.12 bits per heavy atom. The van der Waals surface area contributed by atoms with Crippen LogP contribution in [-0.2, 0) is 0 Å². The number of fused-ring (bicyclic) bond motifs is 2. The number of para-hydroxylation sites is 2. The Hall–Kier alpha value is -4.54. The lowest BCUT2D eigenvalue weighted by Gasteiger charge is -2.30. The molecule has 0 fully saturated rings. The van der Waals surface area contributed by atoms with Crippen molar-refractivity contribution in [3.8, 4) is 11.5 Å². The molecule has 6 aromatic rings. The monoisotopic (exact) mass is 586 g/mol. The van der Waals surface area contributed by atoms with E-state index in [9.17, 15) is 0 Å². The van der Waals surface area contributed by atoms with Crippen LogP contribution in [0.5, 0.6) is 11.5 Å². The molecule has 2 aliphatic heterocycles. The predicted octanol–water partition coefficient (Wildman–Crippen LogP) is 10.7. The summed E-state index contributed by atoms with van der Waals surface area (Å²) in [7, 11) is -1.82. The van der Waals surface area contributed by atoms with E-state index in [1.165, 1.54) is 54.1 Å². The molecule has 2 unspecified atom stereocenters. The topological polar surface area (TPSA) is 9.23 Å². The highest BCUT2D eigenvalue weighted by atomic mass is 31.2. The SMILES string of the molecule is c1ccc(C2=C(c3ccccc3)P(c3ccccc3)C(=C3c4ccccc4Oc4ccccc43)P2c2ccccc2)cc1. The van der Waals surface area contributed by atoms with Crippen LogP contribution >= 0.6 is 15.8 Å². The molecule has 0 amide bonds. The van der Waals surface area contributed by atoms with Crippen LogP contribution in [0.15, 0.2) is 175 Å². The Bertz CT molecular complexity index is 1840. The summed E-state index contributed by atoms with van der Waals surface area (Å²) in [5, 5.41) is 7.16. The Morgan fingerprint density at radius 2 is 0.698 bits per heavy atom. The summed E-state index contributed by atoms with van der Waals surface area (Å²) in [6, 6.07) is 61.7. The molecule has 1 nitrogen and oxygen atoms in total. The minimum atomic E-state index is -0.908. The zero-order valence-corrected chi connectivity index (χ0v) is 25.3. The van der Waals surface area contributed by atoms with Crippen molar-refractivity contribution in [2.24, 2.45) is 0 Å². The molecule has 0 aliphatic carbocycles. The van der Waals surface area contributed by atoms with Gasteiger partial charge < -0.3 is 4.74 Å². The Kier molecular flexibility index (Phi) is 6.85. The van der Waals surface area contributed by atoms with Gasteiger partial charge >= 0.3 is 0 Å². The van der Waals surface area contributed by atoms with Crippen molar-refractivity contribution in [2.75, 3.05) is 0 Å². The molecular formula is C40H28OP2. The molecule has 8 rings (SSSR count). The molecular weight excluding hydrogens is 558 g/mol. The maximum Gasteiger partial charge on any atom is 0.135 e. The zero-order chi connectivity index (χ0) is 28.6. The first kappa shape index (κ1) is 26.1.